The van der Waals surface area contributed by atoms with E-state index in [1.165, 1.54) is 11.6 Å². The maximum Gasteiger partial charge on any atom is 0.263 e. The molecular weight excluding hydrogens is 429 g/mol. The second-order valence-corrected chi connectivity index (χ2v) is 9.37. The Morgan fingerprint density at radius 1 is 1.19 bits per heavy atom. The number of nitrogens with zero attached hydrogens (tertiary/aromatic N) is 3. The zero-order chi connectivity index (χ0) is 22.5. The third-order valence-corrected chi connectivity index (χ3v) is 7.12. The first-order chi connectivity index (χ1) is 15.4. The van der Waals surface area contributed by atoms with Gasteiger partial charge in [0.15, 0.2) is 0 Å². The topological polar surface area (TPSA) is 49.6 Å². The van der Waals surface area contributed by atoms with Crippen LogP contribution in [0.15, 0.2) is 47.0 Å². The second-order valence-electron chi connectivity index (χ2n) is 8.94. The molecule has 1 spiro atoms. The lowest BCUT2D eigenvalue weighted by Crippen LogP contribution is -2.45. The van der Waals surface area contributed by atoms with Crippen molar-refractivity contribution in [3.8, 4) is 0 Å². The summed E-state index contributed by atoms with van der Waals surface area (Å²) in [4.78, 5) is 17.7. The van der Waals surface area contributed by atoms with Gasteiger partial charge in [-0.15, -0.1) is 0 Å². The monoisotopic (exact) mass is 453 g/mol. The summed E-state index contributed by atoms with van der Waals surface area (Å²) in [5.74, 6) is 0.108. The maximum atomic E-state index is 14.3. The van der Waals surface area contributed by atoms with Gasteiger partial charge in [-0.25, -0.2) is 4.39 Å². The number of likely N-dealkylation sites (tertiary alicyclic amines) is 1. The lowest BCUT2D eigenvalue weighted by atomic mass is 9.74. The fraction of sp³-hybridized carbons (Fsp3) is 0.360. The minimum Gasteiger partial charge on any atom is -0.361 e. The van der Waals surface area contributed by atoms with Crippen LogP contribution in [0.25, 0.3) is 0 Å². The number of anilines is 1. The first kappa shape index (κ1) is 21.2. The number of benzene rings is 2. The van der Waals surface area contributed by atoms with Gasteiger partial charge in [0, 0.05) is 29.2 Å². The van der Waals surface area contributed by atoms with Gasteiger partial charge in [0.25, 0.3) is 5.91 Å². The van der Waals surface area contributed by atoms with E-state index in [0.29, 0.717) is 23.6 Å². The first-order valence-corrected chi connectivity index (χ1v) is 11.3. The Bertz CT molecular complexity index is 1160. The van der Waals surface area contributed by atoms with Crippen LogP contribution in [0.5, 0.6) is 0 Å². The normalized spacial score (nSPS) is 17.7. The molecule has 3 heterocycles. The van der Waals surface area contributed by atoms with E-state index >= 15 is 0 Å². The lowest BCUT2D eigenvalue weighted by molar-refractivity contribution is 0.0973. The molecule has 2 aromatic carbocycles. The maximum absolute atomic E-state index is 14.3. The van der Waals surface area contributed by atoms with Crippen LogP contribution >= 0.6 is 11.6 Å². The molecule has 0 bridgehead atoms. The van der Waals surface area contributed by atoms with E-state index in [0.717, 1.165) is 48.7 Å². The van der Waals surface area contributed by atoms with Crippen LogP contribution in [0.3, 0.4) is 0 Å². The van der Waals surface area contributed by atoms with Crippen molar-refractivity contribution in [3.63, 3.8) is 0 Å². The number of hydrogen-bond donors (Lipinski definition) is 0. The lowest BCUT2D eigenvalue weighted by Gasteiger charge is -2.40. The summed E-state index contributed by atoms with van der Waals surface area (Å²) in [5, 5.41) is 4.68. The summed E-state index contributed by atoms with van der Waals surface area (Å²) >= 11 is 6.14. The standard InChI is InChI=1S/C25H25ClFN3O2/c1-16-23(17(2)32-28-16)24(31)30-15-25(21-13-20(27)6-7-22(21)30)8-10-29(11-9-25)14-18-4-3-5-19(26)12-18/h3-7,12-13H,8-11,14-15H2,1-2H3. The van der Waals surface area contributed by atoms with Gasteiger partial charge in [-0.1, -0.05) is 28.9 Å². The number of piperidine rings is 1. The van der Waals surface area contributed by atoms with Crippen molar-refractivity contribution in [2.45, 2.75) is 38.6 Å². The Kier molecular flexibility index (Phi) is 5.30. The zero-order valence-corrected chi connectivity index (χ0v) is 19.0. The van der Waals surface area contributed by atoms with Crippen LogP contribution in [0, 0.1) is 19.7 Å². The van der Waals surface area contributed by atoms with E-state index < -0.39 is 0 Å². The van der Waals surface area contributed by atoms with Crippen molar-refractivity contribution >= 4 is 23.2 Å². The molecule has 0 N–H and O–H groups in total. The molecule has 5 rings (SSSR count). The van der Waals surface area contributed by atoms with Crippen molar-refractivity contribution < 1.29 is 13.7 Å². The van der Waals surface area contributed by atoms with Crippen LogP contribution < -0.4 is 4.90 Å². The first-order valence-electron chi connectivity index (χ1n) is 10.9. The van der Waals surface area contributed by atoms with Gasteiger partial charge < -0.3 is 9.42 Å². The van der Waals surface area contributed by atoms with Gasteiger partial charge in [-0.2, -0.15) is 0 Å². The summed E-state index contributed by atoms with van der Waals surface area (Å²) in [7, 11) is 0. The van der Waals surface area contributed by atoms with Gasteiger partial charge in [0.1, 0.15) is 17.1 Å². The van der Waals surface area contributed by atoms with Gasteiger partial charge in [-0.3, -0.25) is 9.69 Å². The molecule has 32 heavy (non-hydrogen) atoms. The van der Waals surface area contributed by atoms with Gasteiger partial charge in [0.2, 0.25) is 0 Å². The van der Waals surface area contributed by atoms with Crippen LogP contribution in [0.4, 0.5) is 10.1 Å². The average Bonchev–Trinajstić information content (AvgIpc) is 3.26. The smallest absolute Gasteiger partial charge is 0.263 e. The molecule has 1 aromatic heterocycles. The van der Waals surface area contributed by atoms with Crippen molar-refractivity contribution in [1.29, 1.82) is 0 Å². The summed E-state index contributed by atoms with van der Waals surface area (Å²) < 4.78 is 19.5. The van der Waals surface area contributed by atoms with Crippen LogP contribution in [0.2, 0.25) is 5.02 Å². The molecule has 2 aliphatic rings. The van der Waals surface area contributed by atoms with E-state index in [4.69, 9.17) is 16.1 Å². The van der Waals surface area contributed by atoms with E-state index in [1.54, 1.807) is 30.9 Å². The highest BCUT2D eigenvalue weighted by Crippen LogP contribution is 2.48. The minimum absolute atomic E-state index is 0.132. The highest BCUT2D eigenvalue weighted by molar-refractivity contribution is 6.30. The number of rotatable bonds is 3. The van der Waals surface area contributed by atoms with E-state index in [2.05, 4.69) is 16.1 Å². The fourth-order valence-corrected chi connectivity index (χ4v) is 5.42. The van der Waals surface area contributed by atoms with Crippen LogP contribution in [-0.2, 0) is 12.0 Å². The number of amides is 1. The molecule has 5 nitrogen and oxygen atoms in total. The number of hydrogen-bond acceptors (Lipinski definition) is 4. The highest BCUT2D eigenvalue weighted by atomic mass is 35.5. The third-order valence-electron chi connectivity index (χ3n) is 6.88. The SMILES string of the molecule is Cc1noc(C)c1C(=O)N1CC2(CCN(Cc3cccc(Cl)c3)CC2)c2cc(F)ccc21. The molecule has 0 saturated carbocycles. The Labute approximate surface area is 191 Å². The van der Waals surface area contributed by atoms with Crippen LogP contribution in [0.1, 0.15) is 45.8 Å². The number of aryl methyl sites for hydroxylation is 2. The molecule has 3 aromatic rings. The molecule has 2 aliphatic heterocycles. The molecule has 1 saturated heterocycles. The van der Waals surface area contributed by atoms with Crippen molar-refractivity contribution in [2.24, 2.45) is 0 Å². The Morgan fingerprint density at radius 2 is 1.97 bits per heavy atom. The number of carbonyl (C=O) groups excluding carboxylic acids is 1. The molecule has 7 heteroatoms. The predicted molar refractivity (Wildman–Crippen MR) is 122 cm³/mol. The number of fused-ring (bicyclic) bond motifs is 2. The summed E-state index contributed by atoms with van der Waals surface area (Å²) in [5.41, 5.74) is 3.72. The Balaban J connectivity index is 1.41. The summed E-state index contributed by atoms with van der Waals surface area (Å²) in [6.45, 7) is 6.63. The number of aromatic nitrogens is 1. The molecular formula is C25H25ClFN3O2. The average molecular weight is 454 g/mol. The summed E-state index contributed by atoms with van der Waals surface area (Å²) in [6, 6.07) is 12.7. The molecule has 0 atom stereocenters. The van der Waals surface area contributed by atoms with E-state index in [9.17, 15) is 9.18 Å². The van der Waals surface area contributed by atoms with Crippen molar-refractivity contribution in [2.75, 3.05) is 24.5 Å². The molecule has 0 radical (unpaired) electrons. The van der Waals surface area contributed by atoms with Gasteiger partial charge in [-0.05, 0) is 81.2 Å². The minimum atomic E-state index is -0.267. The van der Waals surface area contributed by atoms with Gasteiger partial charge >= 0.3 is 0 Å². The van der Waals surface area contributed by atoms with Gasteiger partial charge in [0.05, 0.1) is 5.69 Å². The predicted octanol–water partition coefficient (Wildman–Crippen LogP) is 5.28. The Hall–Kier alpha value is -2.70. The largest absolute Gasteiger partial charge is 0.361 e. The molecule has 1 amide bonds. The third kappa shape index (κ3) is 3.61. The zero-order valence-electron chi connectivity index (χ0n) is 18.2. The Morgan fingerprint density at radius 3 is 2.66 bits per heavy atom. The fourth-order valence-electron chi connectivity index (χ4n) is 5.21. The molecule has 1 fully saturated rings. The molecule has 0 unspecified atom stereocenters. The van der Waals surface area contributed by atoms with Crippen molar-refractivity contribution in [1.82, 2.24) is 10.1 Å². The number of halogens is 2. The highest BCUT2D eigenvalue weighted by Gasteiger charge is 2.47. The van der Waals surface area contributed by atoms with E-state index in [1.807, 2.05) is 18.2 Å². The molecule has 166 valence electrons. The molecule has 0 aliphatic carbocycles. The number of carbonyl (C=O) groups is 1. The van der Waals surface area contributed by atoms with Crippen molar-refractivity contribution in [3.05, 3.63) is 81.4 Å². The summed E-state index contributed by atoms with van der Waals surface area (Å²) in [6.07, 6.45) is 1.71. The van der Waals surface area contributed by atoms with E-state index in [-0.39, 0.29) is 17.1 Å². The second kappa shape index (κ2) is 8.01. The van der Waals surface area contributed by atoms with Crippen LogP contribution in [-0.4, -0.2) is 35.6 Å². The quantitative estimate of drug-likeness (QED) is 0.541.